The van der Waals surface area contributed by atoms with Crippen LogP contribution >= 0.6 is 0 Å². The van der Waals surface area contributed by atoms with Gasteiger partial charge in [0.15, 0.2) is 0 Å². The van der Waals surface area contributed by atoms with Crippen LogP contribution in [0, 0.1) is 0 Å². The number of hydrogen-bond donors (Lipinski definition) is 2. The van der Waals surface area contributed by atoms with Gasteiger partial charge in [0.05, 0.1) is 5.52 Å². The Morgan fingerprint density at radius 1 is 0.852 bits per heavy atom. The molecule has 5 rings (SSSR count). The van der Waals surface area contributed by atoms with Gasteiger partial charge in [0.1, 0.15) is 12.1 Å². The molecule has 2 saturated carbocycles. The second-order valence-corrected chi connectivity index (χ2v) is 7.94. The summed E-state index contributed by atoms with van der Waals surface area (Å²) in [6.07, 6.45) is 9.51. The van der Waals surface area contributed by atoms with Gasteiger partial charge in [0, 0.05) is 24.0 Å². The summed E-state index contributed by atoms with van der Waals surface area (Å²) in [5, 5.41) is 8.36. The Morgan fingerprint density at radius 3 is 2.56 bits per heavy atom. The highest BCUT2D eigenvalue weighted by molar-refractivity contribution is 5.92. The van der Waals surface area contributed by atoms with Crippen molar-refractivity contribution in [2.24, 2.45) is 0 Å². The van der Waals surface area contributed by atoms with Gasteiger partial charge in [-0.15, -0.1) is 0 Å². The third-order valence-electron chi connectivity index (χ3n) is 5.76. The number of rotatable bonds is 6. The maximum absolute atomic E-state index is 4.48. The highest BCUT2D eigenvalue weighted by Gasteiger charge is 2.22. The lowest BCUT2D eigenvalue weighted by atomic mass is 10.0. The molecule has 0 atom stereocenters. The summed E-state index contributed by atoms with van der Waals surface area (Å²) in [6.45, 7) is 0.948. The van der Waals surface area contributed by atoms with Crippen molar-refractivity contribution in [3.05, 3.63) is 54.4 Å². The van der Waals surface area contributed by atoms with Crippen LogP contribution in [0.1, 0.15) is 44.1 Å². The summed E-state index contributed by atoms with van der Waals surface area (Å²) in [4.78, 5) is 8.91. The Hall–Kier alpha value is -2.46. The average Bonchev–Trinajstić information content (AvgIpc) is 3.37. The van der Waals surface area contributed by atoms with E-state index in [1.165, 1.54) is 55.2 Å². The van der Waals surface area contributed by atoms with E-state index in [4.69, 9.17) is 0 Å². The Labute approximate surface area is 160 Å². The molecule has 1 aromatic heterocycles. The second kappa shape index (κ2) is 7.28. The first-order chi connectivity index (χ1) is 13.3. The predicted octanol–water partition coefficient (Wildman–Crippen LogP) is 4.90. The first kappa shape index (κ1) is 16.7. The molecule has 0 saturated heterocycles. The predicted molar refractivity (Wildman–Crippen MR) is 111 cm³/mol. The van der Waals surface area contributed by atoms with E-state index in [-0.39, 0.29) is 0 Å². The van der Waals surface area contributed by atoms with Crippen molar-refractivity contribution in [3.63, 3.8) is 0 Å². The Kier molecular flexibility index (Phi) is 4.50. The first-order valence-corrected chi connectivity index (χ1v) is 10.2. The summed E-state index contributed by atoms with van der Waals surface area (Å²) in [7, 11) is 0. The normalized spacial score (nSPS) is 17.5. The molecule has 1 heterocycles. The van der Waals surface area contributed by atoms with Gasteiger partial charge < -0.3 is 10.6 Å². The second-order valence-electron chi connectivity index (χ2n) is 7.94. The van der Waals surface area contributed by atoms with Gasteiger partial charge in [0.2, 0.25) is 0 Å². The van der Waals surface area contributed by atoms with Crippen LogP contribution < -0.4 is 10.6 Å². The summed E-state index contributed by atoms with van der Waals surface area (Å²) < 4.78 is 0. The smallest absolute Gasteiger partial charge is 0.137 e. The summed E-state index contributed by atoms with van der Waals surface area (Å²) in [5.74, 6) is 0.961. The monoisotopic (exact) mass is 358 g/mol. The van der Waals surface area contributed by atoms with Gasteiger partial charge in [-0.25, -0.2) is 9.97 Å². The standard InChI is InChI=1S/C23H26N4/c1-2-7-19(6-1)24-14-16-4-3-5-17(12-16)18-8-11-22-21(13-18)23(26-15-25-22)27-20-9-10-20/h3-5,8,11-13,15,19-20,24H,1-2,6-7,9-10,14H2,(H,25,26,27). The fourth-order valence-electron chi connectivity index (χ4n) is 4.03. The highest BCUT2D eigenvalue weighted by atomic mass is 15.1. The molecular weight excluding hydrogens is 332 g/mol. The van der Waals surface area contributed by atoms with Crippen LogP contribution in [-0.4, -0.2) is 22.1 Å². The number of fused-ring (bicyclic) bond motifs is 1. The van der Waals surface area contributed by atoms with Crippen molar-refractivity contribution in [2.75, 3.05) is 5.32 Å². The van der Waals surface area contributed by atoms with E-state index < -0.39 is 0 Å². The first-order valence-electron chi connectivity index (χ1n) is 10.2. The van der Waals surface area contributed by atoms with Crippen LogP contribution in [0.2, 0.25) is 0 Å². The van der Waals surface area contributed by atoms with Crippen LogP contribution in [0.15, 0.2) is 48.8 Å². The zero-order valence-electron chi connectivity index (χ0n) is 15.6. The number of benzene rings is 2. The van der Waals surface area contributed by atoms with Gasteiger partial charge in [-0.1, -0.05) is 37.1 Å². The van der Waals surface area contributed by atoms with Crippen molar-refractivity contribution >= 4 is 16.7 Å². The number of aromatic nitrogens is 2. The molecular formula is C23H26N4. The molecule has 0 aliphatic heterocycles. The maximum Gasteiger partial charge on any atom is 0.137 e. The lowest BCUT2D eigenvalue weighted by Crippen LogP contribution is -2.25. The third kappa shape index (κ3) is 3.81. The molecule has 0 amide bonds. The van der Waals surface area contributed by atoms with E-state index in [0.29, 0.717) is 12.1 Å². The number of anilines is 1. The van der Waals surface area contributed by atoms with E-state index in [1.54, 1.807) is 6.33 Å². The fourth-order valence-corrected chi connectivity index (χ4v) is 4.03. The quantitative estimate of drug-likeness (QED) is 0.658. The topological polar surface area (TPSA) is 49.8 Å². The highest BCUT2D eigenvalue weighted by Crippen LogP contribution is 2.30. The van der Waals surface area contributed by atoms with E-state index >= 15 is 0 Å². The van der Waals surface area contributed by atoms with Crippen LogP contribution in [0.3, 0.4) is 0 Å². The minimum absolute atomic E-state index is 0.580. The lowest BCUT2D eigenvalue weighted by Gasteiger charge is -2.13. The van der Waals surface area contributed by atoms with Crippen LogP contribution in [0.4, 0.5) is 5.82 Å². The molecule has 4 nitrogen and oxygen atoms in total. The molecule has 2 fully saturated rings. The van der Waals surface area contributed by atoms with E-state index in [2.05, 4.69) is 63.1 Å². The van der Waals surface area contributed by atoms with Crippen molar-refractivity contribution < 1.29 is 0 Å². The Morgan fingerprint density at radius 2 is 1.70 bits per heavy atom. The molecule has 0 bridgehead atoms. The number of nitrogens with one attached hydrogen (secondary N) is 2. The molecule has 27 heavy (non-hydrogen) atoms. The Balaban J connectivity index is 1.41. The maximum atomic E-state index is 4.48. The fraction of sp³-hybridized carbons (Fsp3) is 0.391. The molecule has 0 spiro atoms. The van der Waals surface area contributed by atoms with E-state index in [1.807, 2.05) is 0 Å². The largest absolute Gasteiger partial charge is 0.367 e. The van der Waals surface area contributed by atoms with E-state index in [9.17, 15) is 0 Å². The number of hydrogen-bond acceptors (Lipinski definition) is 4. The molecule has 2 aliphatic rings. The van der Waals surface area contributed by atoms with Gasteiger partial charge in [-0.05, 0) is 60.6 Å². The molecule has 2 N–H and O–H groups in total. The van der Waals surface area contributed by atoms with Crippen LogP contribution in [-0.2, 0) is 6.54 Å². The summed E-state index contributed by atoms with van der Waals surface area (Å²) >= 11 is 0. The van der Waals surface area contributed by atoms with Gasteiger partial charge in [0.25, 0.3) is 0 Å². The molecule has 2 aliphatic carbocycles. The SMILES string of the molecule is c1cc(CNC2CCCC2)cc(-c2ccc3ncnc(NC4CC4)c3c2)c1. The summed E-state index contributed by atoms with van der Waals surface area (Å²) in [5.41, 5.74) is 4.82. The van der Waals surface area contributed by atoms with Gasteiger partial charge in [-0.2, -0.15) is 0 Å². The molecule has 3 aromatic rings. The number of nitrogens with zero attached hydrogens (tertiary/aromatic N) is 2. The Bertz CT molecular complexity index is 942. The minimum Gasteiger partial charge on any atom is -0.367 e. The molecule has 0 radical (unpaired) electrons. The van der Waals surface area contributed by atoms with Crippen LogP contribution in [0.5, 0.6) is 0 Å². The zero-order chi connectivity index (χ0) is 18.1. The molecule has 138 valence electrons. The van der Waals surface area contributed by atoms with E-state index in [0.717, 1.165) is 23.3 Å². The summed E-state index contributed by atoms with van der Waals surface area (Å²) in [6, 6.07) is 16.7. The third-order valence-corrected chi connectivity index (χ3v) is 5.76. The molecule has 4 heteroatoms. The average molecular weight is 358 g/mol. The van der Waals surface area contributed by atoms with Crippen molar-refractivity contribution in [3.8, 4) is 11.1 Å². The minimum atomic E-state index is 0.580. The van der Waals surface area contributed by atoms with Crippen LogP contribution in [0.25, 0.3) is 22.0 Å². The van der Waals surface area contributed by atoms with Crippen molar-refractivity contribution in [1.82, 2.24) is 15.3 Å². The van der Waals surface area contributed by atoms with Crippen molar-refractivity contribution in [2.45, 2.75) is 57.2 Å². The van der Waals surface area contributed by atoms with Crippen molar-refractivity contribution in [1.29, 1.82) is 0 Å². The lowest BCUT2D eigenvalue weighted by molar-refractivity contribution is 0.524. The molecule has 2 aromatic carbocycles. The van der Waals surface area contributed by atoms with Gasteiger partial charge in [-0.3, -0.25) is 0 Å². The van der Waals surface area contributed by atoms with Gasteiger partial charge >= 0.3 is 0 Å². The zero-order valence-corrected chi connectivity index (χ0v) is 15.6. The molecule has 0 unspecified atom stereocenters.